The van der Waals surface area contributed by atoms with Crippen LogP contribution < -0.4 is 9.64 Å². The van der Waals surface area contributed by atoms with E-state index in [1.54, 1.807) is 17.8 Å². The van der Waals surface area contributed by atoms with Gasteiger partial charge in [-0.25, -0.2) is 14.5 Å². The summed E-state index contributed by atoms with van der Waals surface area (Å²) in [7, 11) is 1.63. The third-order valence-corrected chi connectivity index (χ3v) is 4.04. The molecular formula is C16H17N5O. The van der Waals surface area contributed by atoms with Crippen molar-refractivity contribution in [1.29, 1.82) is 0 Å². The summed E-state index contributed by atoms with van der Waals surface area (Å²) in [6.45, 7) is 2.14. The van der Waals surface area contributed by atoms with Crippen LogP contribution in [0.3, 0.4) is 0 Å². The molecule has 1 fully saturated rings. The van der Waals surface area contributed by atoms with Crippen molar-refractivity contribution in [2.45, 2.75) is 12.8 Å². The maximum absolute atomic E-state index is 5.36. The standard InChI is InChI=1S/C16H17N5O/c1-22-16-12(5-4-7-17-16)13-11-18-21-10-6-14(19-15(13)21)20-8-2-3-9-20/h4-7,10-11H,2-3,8-9H2,1H3. The van der Waals surface area contributed by atoms with Crippen LogP contribution in [-0.4, -0.2) is 39.8 Å². The molecular weight excluding hydrogens is 278 g/mol. The predicted octanol–water partition coefficient (Wildman–Crippen LogP) is 2.40. The van der Waals surface area contributed by atoms with Crippen molar-refractivity contribution in [3.8, 4) is 17.0 Å². The number of aromatic nitrogens is 4. The molecule has 0 radical (unpaired) electrons. The fraction of sp³-hybridized carbons (Fsp3) is 0.312. The second-order valence-electron chi connectivity index (χ2n) is 5.37. The predicted molar refractivity (Wildman–Crippen MR) is 84.2 cm³/mol. The molecule has 1 aliphatic heterocycles. The van der Waals surface area contributed by atoms with Gasteiger partial charge in [-0.05, 0) is 31.0 Å². The van der Waals surface area contributed by atoms with Crippen molar-refractivity contribution in [2.75, 3.05) is 25.1 Å². The van der Waals surface area contributed by atoms with Crippen molar-refractivity contribution in [3.63, 3.8) is 0 Å². The van der Waals surface area contributed by atoms with E-state index in [4.69, 9.17) is 9.72 Å². The molecule has 3 aromatic rings. The van der Waals surface area contributed by atoms with Gasteiger partial charge in [0.1, 0.15) is 5.82 Å². The molecule has 6 heteroatoms. The SMILES string of the molecule is COc1ncccc1-c1cnn2ccc(N3CCCC3)nc12. The topological polar surface area (TPSA) is 55.6 Å². The number of anilines is 1. The molecule has 1 saturated heterocycles. The molecule has 4 heterocycles. The first kappa shape index (κ1) is 13.1. The second kappa shape index (κ2) is 5.29. The number of rotatable bonds is 3. The molecule has 0 aliphatic carbocycles. The Kier molecular flexibility index (Phi) is 3.14. The number of nitrogens with zero attached hydrogens (tertiary/aromatic N) is 5. The molecule has 6 nitrogen and oxygen atoms in total. The molecule has 0 bridgehead atoms. The summed E-state index contributed by atoms with van der Waals surface area (Å²) in [4.78, 5) is 11.4. The zero-order valence-corrected chi connectivity index (χ0v) is 12.4. The normalized spacial score (nSPS) is 14.7. The highest BCUT2D eigenvalue weighted by Gasteiger charge is 2.17. The smallest absolute Gasteiger partial charge is 0.221 e. The van der Waals surface area contributed by atoms with Gasteiger partial charge < -0.3 is 9.64 Å². The number of hydrogen-bond donors (Lipinski definition) is 0. The van der Waals surface area contributed by atoms with E-state index in [0.29, 0.717) is 5.88 Å². The van der Waals surface area contributed by atoms with Crippen LogP contribution in [0.15, 0.2) is 36.8 Å². The van der Waals surface area contributed by atoms with Gasteiger partial charge in [-0.15, -0.1) is 0 Å². The summed E-state index contributed by atoms with van der Waals surface area (Å²) in [5.41, 5.74) is 2.67. The van der Waals surface area contributed by atoms with E-state index in [1.807, 2.05) is 30.6 Å². The summed E-state index contributed by atoms with van der Waals surface area (Å²) in [5.74, 6) is 1.60. The minimum atomic E-state index is 0.589. The first-order chi connectivity index (χ1) is 10.9. The molecule has 22 heavy (non-hydrogen) atoms. The summed E-state index contributed by atoms with van der Waals surface area (Å²) < 4.78 is 7.15. The second-order valence-corrected chi connectivity index (χ2v) is 5.37. The molecule has 112 valence electrons. The molecule has 0 saturated carbocycles. The third kappa shape index (κ3) is 2.07. The lowest BCUT2D eigenvalue weighted by Gasteiger charge is -2.16. The van der Waals surface area contributed by atoms with Crippen molar-refractivity contribution >= 4 is 11.5 Å². The maximum Gasteiger partial charge on any atom is 0.221 e. The van der Waals surface area contributed by atoms with E-state index in [1.165, 1.54) is 12.8 Å². The van der Waals surface area contributed by atoms with Crippen molar-refractivity contribution in [3.05, 3.63) is 36.8 Å². The van der Waals surface area contributed by atoms with Gasteiger partial charge in [0, 0.05) is 31.0 Å². The molecule has 4 rings (SSSR count). The van der Waals surface area contributed by atoms with Crippen LogP contribution in [0.1, 0.15) is 12.8 Å². The van der Waals surface area contributed by atoms with Crippen molar-refractivity contribution in [2.24, 2.45) is 0 Å². The van der Waals surface area contributed by atoms with E-state index in [9.17, 15) is 0 Å². The molecule has 0 atom stereocenters. The maximum atomic E-state index is 5.36. The highest BCUT2D eigenvalue weighted by molar-refractivity contribution is 5.80. The average molecular weight is 295 g/mol. The van der Waals surface area contributed by atoms with E-state index in [0.717, 1.165) is 35.7 Å². The van der Waals surface area contributed by atoms with Gasteiger partial charge in [0.2, 0.25) is 5.88 Å². The summed E-state index contributed by atoms with van der Waals surface area (Å²) in [5, 5.41) is 4.39. The van der Waals surface area contributed by atoms with Crippen LogP contribution in [0.4, 0.5) is 5.82 Å². The lowest BCUT2D eigenvalue weighted by Crippen LogP contribution is -2.19. The van der Waals surface area contributed by atoms with Crippen LogP contribution in [-0.2, 0) is 0 Å². The molecule has 0 N–H and O–H groups in total. The Balaban J connectivity index is 1.85. The molecule has 0 spiro atoms. The lowest BCUT2D eigenvalue weighted by atomic mass is 10.1. The Morgan fingerprint density at radius 2 is 2.00 bits per heavy atom. The minimum absolute atomic E-state index is 0.589. The van der Waals surface area contributed by atoms with E-state index < -0.39 is 0 Å². The quantitative estimate of drug-likeness (QED) is 0.742. The Hall–Kier alpha value is -2.63. The minimum Gasteiger partial charge on any atom is -0.481 e. The third-order valence-electron chi connectivity index (χ3n) is 4.04. The van der Waals surface area contributed by atoms with E-state index in [-0.39, 0.29) is 0 Å². The van der Waals surface area contributed by atoms with Gasteiger partial charge in [0.25, 0.3) is 0 Å². The Labute approximate surface area is 128 Å². The number of pyridine rings is 1. The van der Waals surface area contributed by atoms with Gasteiger partial charge in [-0.2, -0.15) is 5.10 Å². The molecule has 1 aliphatic rings. The monoisotopic (exact) mass is 295 g/mol. The Morgan fingerprint density at radius 3 is 2.82 bits per heavy atom. The number of ether oxygens (including phenoxy) is 1. The highest BCUT2D eigenvalue weighted by atomic mass is 16.5. The van der Waals surface area contributed by atoms with Gasteiger partial charge in [0.15, 0.2) is 5.65 Å². The van der Waals surface area contributed by atoms with Crippen LogP contribution in [0.25, 0.3) is 16.8 Å². The van der Waals surface area contributed by atoms with Gasteiger partial charge in [-0.1, -0.05) is 0 Å². The fourth-order valence-corrected chi connectivity index (χ4v) is 2.93. The van der Waals surface area contributed by atoms with Crippen LogP contribution in [0, 0.1) is 0 Å². The zero-order chi connectivity index (χ0) is 14.9. The van der Waals surface area contributed by atoms with Crippen LogP contribution in [0.2, 0.25) is 0 Å². The van der Waals surface area contributed by atoms with Crippen molar-refractivity contribution in [1.82, 2.24) is 19.6 Å². The molecule has 0 aromatic carbocycles. The highest BCUT2D eigenvalue weighted by Crippen LogP contribution is 2.31. The first-order valence-corrected chi connectivity index (χ1v) is 7.45. The van der Waals surface area contributed by atoms with E-state index >= 15 is 0 Å². The van der Waals surface area contributed by atoms with E-state index in [2.05, 4.69) is 15.0 Å². The fourth-order valence-electron chi connectivity index (χ4n) is 2.93. The summed E-state index contributed by atoms with van der Waals surface area (Å²) >= 11 is 0. The molecule has 3 aromatic heterocycles. The largest absolute Gasteiger partial charge is 0.481 e. The Morgan fingerprint density at radius 1 is 1.14 bits per heavy atom. The number of methoxy groups -OCH3 is 1. The van der Waals surface area contributed by atoms with Crippen molar-refractivity contribution < 1.29 is 4.74 Å². The van der Waals surface area contributed by atoms with Gasteiger partial charge >= 0.3 is 0 Å². The van der Waals surface area contributed by atoms with Gasteiger partial charge in [-0.3, -0.25) is 0 Å². The summed E-state index contributed by atoms with van der Waals surface area (Å²) in [6, 6.07) is 5.90. The molecule has 0 unspecified atom stereocenters. The average Bonchev–Trinajstić information content (AvgIpc) is 3.23. The lowest BCUT2D eigenvalue weighted by molar-refractivity contribution is 0.400. The number of fused-ring (bicyclic) bond motifs is 1. The van der Waals surface area contributed by atoms with Gasteiger partial charge in [0.05, 0.1) is 18.9 Å². The summed E-state index contributed by atoms with van der Waals surface area (Å²) in [6.07, 6.45) is 7.96. The zero-order valence-electron chi connectivity index (χ0n) is 12.4. The van der Waals surface area contributed by atoms with Crippen LogP contribution >= 0.6 is 0 Å². The Bertz CT molecular complexity index is 807. The number of hydrogen-bond acceptors (Lipinski definition) is 5. The molecule has 0 amide bonds. The van der Waals surface area contributed by atoms with Crippen LogP contribution in [0.5, 0.6) is 5.88 Å². The first-order valence-electron chi connectivity index (χ1n) is 7.45.